The van der Waals surface area contributed by atoms with Crippen molar-refractivity contribution in [2.45, 2.75) is 35.3 Å². The zero-order chi connectivity index (χ0) is 22.7. The Kier molecular flexibility index (Phi) is 6.53. The van der Waals surface area contributed by atoms with Gasteiger partial charge in [0.1, 0.15) is 0 Å². The van der Waals surface area contributed by atoms with Crippen molar-refractivity contribution >= 4 is 43.8 Å². The Labute approximate surface area is 194 Å². The molecule has 4 rings (SSSR count). The fourth-order valence-corrected chi connectivity index (χ4v) is 5.38. The first-order valence-electron chi connectivity index (χ1n) is 9.74. The Morgan fingerprint density at radius 3 is 2.59 bits per heavy atom. The Bertz CT molecular complexity index is 1330. The van der Waals surface area contributed by atoms with E-state index in [4.69, 9.17) is 0 Å². The van der Waals surface area contributed by atoms with E-state index in [1.807, 2.05) is 0 Å². The van der Waals surface area contributed by atoms with Crippen molar-refractivity contribution in [1.82, 2.24) is 30.4 Å². The summed E-state index contributed by atoms with van der Waals surface area (Å²) in [7, 11) is -3.26. The van der Waals surface area contributed by atoms with Gasteiger partial charge in [-0.1, -0.05) is 48.2 Å². The molecule has 0 radical (unpaired) electrons. The van der Waals surface area contributed by atoms with Crippen LogP contribution in [0.3, 0.4) is 0 Å². The zero-order valence-corrected chi connectivity index (χ0v) is 20.1. The molecular formula is C20H21N7O2S3. The smallest absolute Gasteiger partial charge is 0.210 e. The maximum absolute atomic E-state index is 11.7. The van der Waals surface area contributed by atoms with Gasteiger partial charge in [-0.3, -0.25) is 0 Å². The maximum atomic E-state index is 11.7. The number of thioether (sulfide) groups is 1. The molecule has 1 N–H and O–H groups in total. The largest absolute Gasteiger partial charge is 0.330 e. The van der Waals surface area contributed by atoms with Gasteiger partial charge in [0.15, 0.2) is 20.0 Å². The topological polar surface area (TPSA) is 116 Å². The molecule has 0 aliphatic rings. The van der Waals surface area contributed by atoms with E-state index in [9.17, 15) is 8.42 Å². The number of anilines is 2. The summed E-state index contributed by atoms with van der Waals surface area (Å²) in [4.78, 5) is 0.249. The molecule has 0 atom stereocenters. The lowest BCUT2D eigenvalue weighted by Gasteiger charge is -2.11. The van der Waals surface area contributed by atoms with Crippen molar-refractivity contribution in [1.29, 1.82) is 0 Å². The van der Waals surface area contributed by atoms with Crippen molar-refractivity contribution in [2.24, 2.45) is 0 Å². The summed E-state index contributed by atoms with van der Waals surface area (Å²) in [6.45, 7) is 4.20. The number of aryl methyl sites for hydroxylation is 2. The van der Waals surface area contributed by atoms with E-state index >= 15 is 0 Å². The predicted octanol–water partition coefficient (Wildman–Crippen LogP) is 3.82. The highest BCUT2D eigenvalue weighted by molar-refractivity contribution is 8.00. The van der Waals surface area contributed by atoms with Crippen molar-refractivity contribution in [3.05, 3.63) is 59.4 Å². The van der Waals surface area contributed by atoms with Crippen molar-refractivity contribution < 1.29 is 8.42 Å². The molecule has 0 amide bonds. The molecule has 9 nitrogen and oxygen atoms in total. The lowest BCUT2D eigenvalue weighted by atomic mass is 10.1. The molecule has 0 aliphatic carbocycles. The van der Waals surface area contributed by atoms with Gasteiger partial charge in [-0.2, -0.15) is 4.68 Å². The number of aromatic nitrogens is 6. The van der Waals surface area contributed by atoms with Crippen LogP contribution in [-0.2, 0) is 22.0 Å². The summed E-state index contributed by atoms with van der Waals surface area (Å²) in [5, 5.41) is 24.5. The van der Waals surface area contributed by atoms with Gasteiger partial charge in [0.05, 0.1) is 16.3 Å². The first-order valence-corrected chi connectivity index (χ1v) is 13.4. The van der Waals surface area contributed by atoms with Crippen LogP contribution < -0.4 is 5.32 Å². The highest BCUT2D eigenvalue weighted by Gasteiger charge is 2.14. The third-order valence-corrected chi connectivity index (χ3v) is 7.84. The summed E-state index contributed by atoms with van der Waals surface area (Å²) < 4.78 is 25.7. The van der Waals surface area contributed by atoms with E-state index in [0.717, 1.165) is 27.1 Å². The van der Waals surface area contributed by atoms with E-state index in [1.165, 1.54) is 34.9 Å². The minimum atomic E-state index is -3.26. The number of nitrogens with zero attached hydrogens (tertiary/aromatic N) is 6. The summed E-state index contributed by atoms with van der Waals surface area (Å²) in [5.74, 6) is 1.11. The third kappa shape index (κ3) is 4.97. The number of benzene rings is 2. The second-order valence-electron chi connectivity index (χ2n) is 7.02. The molecule has 2 aromatic heterocycles. The summed E-state index contributed by atoms with van der Waals surface area (Å²) in [5.41, 5.74) is 4.15. The van der Waals surface area contributed by atoms with Gasteiger partial charge in [-0.05, 0) is 59.2 Å². The fraction of sp³-hybridized carbons (Fsp3) is 0.250. The Morgan fingerprint density at radius 2 is 1.88 bits per heavy atom. The van der Waals surface area contributed by atoms with Crippen LogP contribution in [0.2, 0.25) is 0 Å². The van der Waals surface area contributed by atoms with E-state index < -0.39 is 9.84 Å². The number of rotatable bonds is 8. The number of nitrogens with one attached hydrogen (secondary N) is 1. The van der Waals surface area contributed by atoms with Gasteiger partial charge in [-0.15, -0.1) is 15.3 Å². The number of hydrogen-bond donors (Lipinski definition) is 1. The van der Waals surface area contributed by atoms with Crippen LogP contribution in [0, 0.1) is 6.92 Å². The van der Waals surface area contributed by atoms with E-state index in [0.29, 0.717) is 17.3 Å². The maximum Gasteiger partial charge on any atom is 0.210 e. The molecule has 0 unspecified atom stereocenters. The van der Waals surface area contributed by atoms with Gasteiger partial charge in [-0.25, -0.2) is 8.42 Å². The van der Waals surface area contributed by atoms with Crippen LogP contribution >= 0.6 is 23.1 Å². The normalized spacial score (nSPS) is 11.6. The molecule has 2 heterocycles. The first-order chi connectivity index (χ1) is 15.3. The minimum Gasteiger partial charge on any atom is -0.330 e. The van der Waals surface area contributed by atoms with Crippen LogP contribution in [0.25, 0.3) is 5.69 Å². The van der Waals surface area contributed by atoms with E-state index in [-0.39, 0.29) is 4.90 Å². The monoisotopic (exact) mass is 487 g/mol. The highest BCUT2D eigenvalue weighted by Crippen LogP contribution is 2.32. The van der Waals surface area contributed by atoms with Gasteiger partial charge in [0, 0.05) is 11.9 Å². The predicted molar refractivity (Wildman–Crippen MR) is 126 cm³/mol. The molecule has 0 saturated carbocycles. The SMILES string of the molecule is CCc1cccc(C)c1Nc1nnc(SCc2nnnn2-c2ccc(S(C)(=O)=O)cc2)s1. The quantitative estimate of drug-likeness (QED) is 0.370. The summed E-state index contributed by atoms with van der Waals surface area (Å²) in [6.07, 6.45) is 2.10. The average molecular weight is 488 g/mol. The molecular weight excluding hydrogens is 466 g/mol. The Balaban J connectivity index is 1.45. The summed E-state index contributed by atoms with van der Waals surface area (Å²) >= 11 is 2.95. The molecule has 4 aromatic rings. The molecule has 0 spiro atoms. The molecule has 12 heteroatoms. The molecule has 0 aliphatic heterocycles. The minimum absolute atomic E-state index is 0.249. The molecule has 0 bridgehead atoms. The fourth-order valence-electron chi connectivity index (χ4n) is 3.08. The Hall–Kier alpha value is -2.83. The Morgan fingerprint density at radius 1 is 1.09 bits per heavy atom. The van der Waals surface area contributed by atoms with Crippen molar-refractivity contribution in [2.75, 3.05) is 11.6 Å². The first kappa shape index (κ1) is 22.4. The lowest BCUT2D eigenvalue weighted by Crippen LogP contribution is -2.03. The second-order valence-corrected chi connectivity index (χ2v) is 11.2. The van der Waals surface area contributed by atoms with Crippen LogP contribution in [0.4, 0.5) is 10.8 Å². The van der Waals surface area contributed by atoms with Gasteiger partial charge in [0.25, 0.3) is 0 Å². The zero-order valence-electron chi connectivity index (χ0n) is 17.7. The summed E-state index contributed by atoms with van der Waals surface area (Å²) in [6, 6.07) is 12.7. The molecule has 2 aromatic carbocycles. The second kappa shape index (κ2) is 9.35. The van der Waals surface area contributed by atoms with E-state index in [1.54, 1.807) is 28.9 Å². The molecule has 32 heavy (non-hydrogen) atoms. The van der Waals surface area contributed by atoms with Gasteiger partial charge in [0.2, 0.25) is 5.13 Å². The molecule has 166 valence electrons. The van der Waals surface area contributed by atoms with Crippen molar-refractivity contribution in [3.63, 3.8) is 0 Å². The number of hydrogen-bond acceptors (Lipinski definition) is 10. The lowest BCUT2D eigenvalue weighted by molar-refractivity contribution is 0.602. The number of para-hydroxylation sites is 1. The van der Waals surface area contributed by atoms with Crippen LogP contribution in [0.5, 0.6) is 0 Å². The standard InChI is InChI=1S/C20H21N7O2S3/c1-4-14-7-5-6-13(2)18(14)21-19-23-24-20(31-19)30-12-17-22-25-26-27(17)15-8-10-16(11-9-15)32(3,28)29/h5-11H,4,12H2,1-3H3,(H,21,23). The van der Waals surface area contributed by atoms with Crippen molar-refractivity contribution in [3.8, 4) is 5.69 Å². The number of sulfone groups is 1. The average Bonchev–Trinajstić information content (AvgIpc) is 3.42. The molecule has 0 saturated heterocycles. The van der Waals surface area contributed by atoms with Gasteiger partial charge < -0.3 is 5.32 Å². The van der Waals surface area contributed by atoms with E-state index in [2.05, 4.69) is 63.1 Å². The molecule has 0 fully saturated rings. The van der Waals surface area contributed by atoms with Crippen LogP contribution in [0.1, 0.15) is 23.9 Å². The highest BCUT2D eigenvalue weighted by atomic mass is 32.2. The van der Waals surface area contributed by atoms with Gasteiger partial charge >= 0.3 is 0 Å². The van der Waals surface area contributed by atoms with Crippen LogP contribution in [0.15, 0.2) is 51.7 Å². The third-order valence-electron chi connectivity index (χ3n) is 4.75. The number of tetrazole rings is 1. The van der Waals surface area contributed by atoms with Crippen LogP contribution in [-0.4, -0.2) is 45.1 Å².